The number of piperidine rings is 1. The van der Waals surface area contributed by atoms with E-state index < -0.39 is 10.0 Å². The Morgan fingerprint density at radius 2 is 2.19 bits per heavy atom. The fourth-order valence-corrected chi connectivity index (χ4v) is 5.64. The van der Waals surface area contributed by atoms with Crippen LogP contribution in [0.2, 0.25) is 0 Å². The molecule has 0 aliphatic carbocycles. The van der Waals surface area contributed by atoms with Gasteiger partial charge in [0.05, 0.1) is 4.90 Å². The van der Waals surface area contributed by atoms with Crippen LogP contribution in [-0.2, 0) is 10.0 Å². The van der Waals surface area contributed by atoms with Crippen molar-refractivity contribution < 1.29 is 8.42 Å². The normalized spacial score (nSPS) is 19.9. The van der Waals surface area contributed by atoms with Crippen molar-refractivity contribution in [2.24, 2.45) is 0 Å². The molecule has 2 rings (SSSR count). The Morgan fingerprint density at radius 1 is 1.43 bits per heavy atom. The zero-order valence-electron chi connectivity index (χ0n) is 12.6. The van der Waals surface area contributed by atoms with E-state index in [-0.39, 0.29) is 6.04 Å². The maximum Gasteiger partial charge on any atom is 0.244 e. The van der Waals surface area contributed by atoms with Crippen molar-refractivity contribution in [3.8, 4) is 0 Å². The van der Waals surface area contributed by atoms with Gasteiger partial charge < -0.3 is 5.32 Å². The Labute approximate surface area is 136 Å². The number of sulfonamides is 1. The molecule has 4 nitrogen and oxygen atoms in total. The number of rotatable bonds is 5. The average Bonchev–Trinajstić information content (AvgIpc) is 2.45. The number of hydrogen-bond acceptors (Lipinski definition) is 3. The molecule has 118 valence electrons. The summed E-state index contributed by atoms with van der Waals surface area (Å²) >= 11 is 3.40. The summed E-state index contributed by atoms with van der Waals surface area (Å²) in [7, 11) is -3.46. The molecule has 0 amide bonds. The molecule has 1 fully saturated rings. The highest BCUT2D eigenvalue weighted by molar-refractivity contribution is 9.10. The van der Waals surface area contributed by atoms with E-state index in [2.05, 4.69) is 21.2 Å². The van der Waals surface area contributed by atoms with Crippen LogP contribution in [0.25, 0.3) is 0 Å². The van der Waals surface area contributed by atoms with E-state index in [1.807, 2.05) is 26.0 Å². The SMILES string of the molecule is CCCN(C1CCCNC1)S(=O)(=O)c1ccc(C)cc1Br. The highest BCUT2D eigenvalue weighted by atomic mass is 79.9. The predicted molar refractivity (Wildman–Crippen MR) is 89.0 cm³/mol. The summed E-state index contributed by atoms with van der Waals surface area (Å²) < 4.78 is 28.4. The molecular formula is C15H23BrN2O2S. The molecule has 1 N–H and O–H groups in total. The van der Waals surface area contributed by atoms with Crippen LogP contribution in [-0.4, -0.2) is 38.4 Å². The van der Waals surface area contributed by atoms with Crippen LogP contribution < -0.4 is 5.32 Å². The molecule has 0 spiro atoms. The number of nitrogens with zero attached hydrogens (tertiary/aromatic N) is 1. The lowest BCUT2D eigenvalue weighted by molar-refractivity contribution is 0.266. The molecule has 0 aromatic heterocycles. The maximum atomic E-state index is 13.0. The number of nitrogens with one attached hydrogen (secondary N) is 1. The minimum Gasteiger partial charge on any atom is -0.315 e. The van der Waals surface area contributed by atoms with E-state index >= 15 is 0 Å². The molecule has 21 heavy (non-hydrogen) atoms. The molecule has 0 bridgehead atoms. The Bertz CT molecular complexity index is 583. The fourth-order valence-electron chi connectivity index (χ4n) is 2.74. The van der Waals surface area contributed by atoms with Gasteiger partial charge in [0.25, 0.3) is 0 Å². The van der Waals surface area contributed by atoms with Crippen molar-refractivity contribution >= 4 is 26.0 Å². The second-order valence-corrected chi connectivity index (χ2v) is 8.26. The van der Waals surface area contributed by atoms with Crippen LogP contribution in [0.4, 0.5) is 0 Å². The monoisotopic (exact) mass is 374 g/mol. The van der Waals surface area contributed by atoms with E-state index in [0.29, 0.717) is 15.9 Å². The van der Waals surface area contributed by atoms with E-state index in [9.17, 15) is 8.42 Å². The molecule has 1 aliphatic rings. The van der Waals surface area contributed by atoms with E-state index in [1.165, 1.54) is 0 Å². The number of benzene rings is 1. The highest BCUT2D eigenvalue weighted by Crippen LogP contribution is 2.28. The van der Waals surface area contributed by atoms with Gasteiger partial charge in [-0.1, -0.05) is 13.0 Å². The number of aryl methyl sites for hydroxylation is 1. The van der Waals surface area contributed by atoms with Gasteiger partial charge in [0.2, 0.25) is 10.0 Å². The molecule has 0 radical (unpaired) electrons. The quantitative estimate of drug-likeness (QED) is 0.861. The predicted octanol–water partition coefficient (Wildman–Crippen LogP) is 2.91. The van der Waals surface area contributed by atoms with Gasteiger partial charge in [-0.15, -0.1) is 0 Å². The molecule has 1 atom stereocenters. The van der Waals surface area contributed by atoms with Crippen LogP contribution in [0.5, 0.6) is 0 Å². The summed E-state index contributed by atoms with van der Waals surface area (Å²) in [5.41, 5.74) is 1.04. The molecule has 1 aliphatic heterocycles. The number of halogens is 1. The Hall–Kier alpha value is -0.430. The third kappa shape index (κ3) is 3.86. The van der Waals surface area contributed by atoms with Crippen LogP contribution in [0.1, 0.15) is 31.7 Å². The first-order chi connectivity index (χ1) is 9.96. The van der Waals surface area contributed by atoms with Crippen molar-refractivity contribution in [2.75, 3.05) is 19.6 Å². The smallest absolute Gasteiger partial charge is 0.244 e. The summed E-state index contributed by atoms with van der Waals surface area (Å²) in [6.07, 6.45) is 2.77. The molecule has 1 heterocycles. The van der Waals surface area contributed by atoms with Gasteiger partial charge in [-0.2, -0.15) is 4.31 Å². The van der Waals surface area contributed by atoms with Crippen molar-refractivity contribution in [1.82, 2.24) is 9.62 Å². The van der Waals surface area contributed by atoms with Gasteiger partial charge in [-0.25, -0.2) is 8.42 Å². The summed E-state index contributed by atoms with van der Waals surface area (Å²) in [6, 6.07) is 5.46. The van der Waals surface area contributed by atoms with Crippen LogP contribution in [0.3, 0.4) is 0 Å². The van der Waals surface area contributed by atoms with Gasteiger partial charge in [0, 0.05) is 23.6 Å². The zero-order valence-corrected chi connectivity index (χ0v) is 15.0. The minimum atomic E-state index is -3.46. The maximum absolute atomic E-state index is 13.0. The lowest BCUT2D eigenvalue weighted by Gasteiger charge is -2.33. The van der Waals surface area contributed by atoms with Crippen molar-refractivity contribution in [1.29, 1.82) is 0 Å². The Balaban J connectivity index is 2.36. The summed E-state index contributed by atoms with van der Waals surface area (Å²) in [5, 5.41) is 3.30. The summed E-state index contributed by atoms with van der Waals surface area (Å²) in [5.74, 6) is 0. The summed E-state index contributed by atoms with van der Waals surface area (Å²) in [6.45, 7) is 6.25. The Kier molecular flexibility index (Phi) is 5.82. The molecule has 6 heteroatoms. The van der Waals surface area contributed by atoms with Gasteiger partial charge >= 0.3 is 0 Å². The lowest BCUT2D eigenvalue weighted by atomic mass is 10.1. The standard InChI is InChI=1S/C15H23BrN2O2S/c1-3-9-18(13-5-4-8-17-11-13)21(19,20)15-7-6-12(2)10-14(15)16/h6-7,10,13,17H,3-5,8-9,11H2,1-2H3. The third-order valence-electron chi connectivity index (χ3n) is 3.80. The molecule has 1 aromatic carbocycles. The Morgan fingerprint density at radius 3 is 2.76 bits per heavy atom. The molecular weight excluding hydrogens is 352 g/mol. The first-order valence-electron chi connectivity index (χ1n) is 7.45. The van der Waals surface area contributed by atoms with Gasteiger partial charge in [-0.05, 0) is 66.4 Å². The molecule has 1 aromatic rings. The van der Waals surface area contributed by atoms with E-state index in [1.54, 1.807) is 10.4 Å². The second kappa shape index (κ2) is 7.22. The summed E-state index contributed by atoms with van der Waals surface area (Å²) in [4.78, 5) is 0.368. The fraction of sp³-hybridized carbons (Fsp3) is 0.600. The molecule has 0 saturated carbocycles. The van der Waals surface area contributed by atoms with Crippen molar-refractivity contribution in [3.63, 3.8) is 0 Å². The topological polar surface area (TPSA) is 49.4 Å². The third-order valence-corrected chi connectivity index (χ3v) is 6.72. The zero-order chi connectivity index (χ0) is 15.5. The van der Waals surface area contributed by atoms with Gasteiger partial charge in [0.15, 0.2) is 0 Å². The lowest BCUT2D eigenvalue weighted by Crippen LogP contribution is -2.48. The van der Waals surface area contributed by atoms with Gasteiger partial charge in [-0.3, -0.25) is 0 Å². The first-order valence-corrected chi connectivity index (χ1v) is 9.69. The first kappa shape index (κ1) is 16.9. The highest BCUT2D eigenvalue weighted by Gasteiger charge is 2.32. The van der Waals surface area contributed by atoms with Crippen LogP contribution >= 0.6 is 15.9 Å². The van der Waals surface area contributed by atoms with Crippen LogP contribution in [0.15, 0.2) is 27.6 Å². The minimum absolute atomic E-state index is 0.0527. The van der Waals surface area contributed by atoms with Crippen LogP contribution in [0, 0.1) is 6.92 Å². The molecule has 1 unspecified atom stereocenters. The molecule has 1 saturated heterocycles. The van der Waals surface area contributed by atoms with E-state index in [4.69, 9.17) is 0 Å². The van der Waals surface area contributed by atoms with E-state index in [0.717, 1.165) is 37.9 Å². The largest absolute Gasteiger partial charge is 0.315 e. The second-order valence-electron chi connectivity index (χ2n) is 5.55. The van der Waals surface area contributed by atoms with Crippen molar-refractivity contribution in [3.05, 3.63) is 28.2 Å². The van der Waals surface area contributed by atoms with Gasteiger partial charge in [0.1, 0.15) is 0 Å². The van der Waals surface area contributed by atoms with Crippen molar-refractivity contribution in [2.45, 2.75) is 44.0 Å². The number of hydrogen-bond donors (Lipinski definition) is 1. The average molecular weight is 375 g/mol.